The number of methoxy groups -OCH3 is 1. The Balaban J connectivity index is 2.66. The van der Waals surface area contributed by atoms with Gasteiger partial charge in [-0.15, -0.1) is 11.8 Å². The Morgan fingerprint density at radius 3 is 2.71 bits per heavy atom. The third kappa shape index (κ3) is 1.38. The molecule has 0 saturated heterocycles. The molecule has 0 saturated carbocycles. The second kappa shape index (κ2) is 3.58. The van der Waals surface area contributed by atoms with Crippen molar-refractivity contribution in [3.8, 4) is 5.75 Å². The summed E-state index contributed by atoms with van der Waals surface area (Å²) in [5.74, 6) is 0.913. The van der Waals surface area contributed by atoms with E-state index < -0.39 is 0 Å². The Bertz CT molecular complexity index is 462. The molecule has 14 heavy (non-hydrogen) atoms. The smallest absolute Gasteiger partial charge is 0.119 e. The monoisotopic (exact) mass is 207 g/mol. The van der Waals surface area contributed by atoms with Crippen molar-refractivity contribution in [1.29, 1.82) is 0 Å². The predicted octanol–water partition coefficient (Wildman–Crippen LogP) is 2.91. The molecule has 0 N–H and O–H groups in total. The summed E-state index contributed by atoms with van der Waals surface area (Å²) in [4.78, 5) is 0. The number of aromatic nitrogens is 1. The minimum absolute atomic E-state index is 0.913. The Hall–Kier alpha value is -1.09. The van der Waals surface area contributed by atoms with E-state index in [4.69, 9.17) is 4.74 Å². The molecular formula is C11H13NOS. The van der Waals surface area contributed by atoms with E-state index >= 15 is 0 Å². The van der Waals surface area contributed by atoms with E-state index in [0.717, 1.165) is 5.75 Å². The van der Waals surface area contributed by atoms with E-state index in [1.54, 1.807) is 18.9 Å². The molecule has 2 aromatic rings. The molecule has 2 rings (SSSR count). The molecule has 0 aliphatic rings. The Labute approximate surface area is 87.9 Å². The number of nitrogens with zero attached hydrogens (tertiary/aromatic N) is 1. The average molecular weight is 207 g/mol. The fourth-order valence-corrected chi connectivity index (χ4v) is 2.24. The van der Waals surface area contributed by atoms with Gasteiger partial charge < -0.3 is 9.30 Å². The lowest BCUT2D eigenvalue weighted by atomic mass is 10.2. The summed E-state index contributed by atoms with van der Waals surface area (Å²) in [5, 5.41) is 2.50. The normalized spacial score (nSPS) is 10.8. The van der Waals surface area contributed by atoms with Crippen LogP contribution >= 0.6 is 11.8 Å². The molecular weight excluding hydrogens is 194 g/mol. The van der Waals surface area contributed by atoms with Gasteiger partial charge in [0.25, 0.3) is 0 Å². The van der Waals surface area contributed by atoms with Crippen LogP contribution in [0, 0.1) is 0 Å². The SMILES string of the molecule is COc1ccc2c(c1)cc(SC)n2C. The highest BCUT2D eigenvalue weighted by molar-refractivity contribution is 7.98. The summed E-state index contributed by atoms with van der Waals surface area (Å²) in [7, 11) is 3.78. The van der Waals surface area contributed by atoms with Gasteiger partial charge in [0.1, 0.15) is 5.75 Å². The molecule has 0 radical (unpaired) electrons. The zero-order valence-corrected chi connectivity index (χ0v) is 9.39. The molecule has 0 amide bonds. The van der Waals surface area contributed by atoms with E-state index in [1.807, 2.05) is 6.07 Å². The first-order chi connectivity index (χ1) is 6.76. The van der Waals surface area contributed by atoms with E-state index in [1.165, 1.54) is 15.9 Å². The maximum atomic E-state index is 5.19. The van der Waals surface area contributed by atoms with Gasteiger partial charge in [-0.05, 0) is 30.5 Å². The number of rotatable bonds is 2. The van der Waals surface area contributed by atoms with Gasteiger partial charge in [0, 0.05) is 18.0 Å². The summed E-state index contributed by atoms with van der Waals surface area (Å²) in [6.07, 6.45) is 2.09. The lowest BCUT2D eigenvalue weighted by Crippen LogP contribution is -1.88. The minimum atomic E-state index is 0.913. The highest BCUT2D eigenvalue weighted by Crippen LogP contribution is 2.27. The van der Waals surface area contributed by atoms with Crippen LogP contribution in [0.4, 0.5) is 0 Å². The first-order valence-electron chi connectivity index (χ1n) is 4.43. The molecule has 2 nitrogen and oxygen atoms in total. The zero-order valence-electron chi connectivity index (χ0n) is 8.57. The summed E-state index contributed by atoms with van der Waals surface area (Å²) in [6.45, 7) is 0. The third-order valence-electron chi connectivity index (χ3n) is 2.41. The second-order valence-electron chi connectivity index (χ2n) is 3.17. The van der Waals surface area contributed by atoms with Crippen molar-refractivity contribution in [3.05, 3.63) is 24.3 Å². The topological polar surface area (TPSA) is 14.2 Å². The van der Waals surface area contributed by atoms with E-state index in [2.05, 4.69) is 36.1 Å². The molecule has 1 heterocycles. The molecule has 74 valence electrons. The first kappa shape index (κ1) is 9.46. The van der Waals surface area contributed by atoms with Crippen LogP contribution in [0.25, 0.3) is 10.9 Å². The summed E-state index contributed by atoms with van der Waals surface area (Å²) >= 11 is 1.76. The van der Waals surface area contributed by atoms with Gasteiger partial charge in [-0.25, -0.2) is 0 Å². The summed E-state index contributed by atoms with van der Waals surface area (Å²) < 4.78 is 7.38. The summed E-state index contributed by atoms with van der Waals surface area (Å²) in [6, 6.07) is 8.33. The zero-order chi connectivity index (χ0) is 10.1. The van der Waals surface area contributed by atoms with Crippen LogP contribution in [0.15, 0.2) is 29.3 Å². The molecule has 0 atom stereocenters. The fourth-order valence-electron chi connectivity index (χ4n) is 1.63. The van der Waals surface area contributed by atoms with Gasteiger partial charge in [-0.1, -0.05) is 0 Å². The molecule has 3 heteroatoms. The molecule has 0 spiro atoms. The van der Waals surface area contributed by atoms with Gasteiger partial charge in [-0.2, -0.15) is 0 Å². The Morgan fingerprint density at radius 2 is 2.07 bits per heavy atom. The number of thioether (sulfide) groups is 1. The van der Waals surface area contributed by atoms with Crippen LogP contribution in [0.3, 0.4) is 0 Å². The molecule has 0 aliphatic carbocycles. The van der Waals surface area contributed by atoms with Crippen LogP contribution < -0.4 is 4.74 Å². The highest BCUT2D eigenvalue weighted by Gasteiger charge is 2.04. The van der Waals surface area contributed by atoms with Crippen LogP contribution in [-0.2, 0) is 7.05 Å². The molecule has 1 aromatic heterocycles. The third-order valence-corrected chi connectivity index (χ3v) is 3.22. The predicted molar refractivity (Wildman–Crippen MR) is 61.3 cm³/mol. The number of ether oxygens (including phenoxy) is 1. The van der Waals surface area contributed by atoms with Crippen LogP contribution in [-0.4, -0.2) is 17.9 Å². The first-order valence-corrected chi connectivity index (χ1v) is 5.66. The van der Waals surface area contributed by atoms with Crippen LogP contribution in [0.1, 0.15) is 0 Å². The lowest BCUT2D eigenvalue weighted by Gasteiger charge is -2.01. The van der Waals surface area contributed by atoms with Crippen molar-refractivity contribution in [2.75, 3.05) is 13.4 Å². The maximum Gasteiger partial charge on any atom is 0.119 e. The number of aryl methyl sites for hydroxylation is 1. The number of hydrogen-bond donors (Lipinski definition) is 0. The fraction of sp³-hybridized carbons (Fsp3) is 0.273. The maximum absolute atomic E-state index is 5.19. The quantitative estimate of drug-likeness (QED) is 0.703. The molecule has 0 fully saturated rings. The highest BCUT2D eigenvalue weighted by atomic mass is 32.2. The largest absolute Gasteiger partial charge is 0.497 e. The standard InChI is InChI=1S/C11H13NOS/c1-12-10-5-4-9(13-2)6-8(10)7-11(12)14-3/h4-7H,1-3H3. The molecule has 0 aliphatic heterocycles. The van der Waals surface area contributed by atoms with Gasteiger partial charge in [0.2, 0.25) is 0 Å². The minimum Gasteiger partial charge on any atom is -0.497 e. The lowest BCUT2D eigenvalue weighted by molar-refractivity contribution is 0.415. The van der Waals surface area contributed by atoms with Crippen molar-refractivity contribution in [1.82, 2.24) is 4.57 Å². The number of fused-ring (bicyclic) bond motifs is 1. The second-order valence-corrected chi connectivity index (χ2v) is 4.00. The van der Waals surface area contributed by atoms with Gasteiger partial charge >= 0.3 is 0 Å². The van der Waals surface area contributed by atoms with E-state index in [-0.39, 0.29) is 0 Å². The Kier molecular flexibility index (Phi) is 2.42. The van der Waals surface area contributed by atoms with E-state index in [0.29, 0.717) is 0 Å². The van der Waals surface area contributed by atoms with Crippen LogP contribution in [0.5, 0.6) is 5.75 Å². The van der Waals surface area contributed by atoms with Gasteiger partial charge in [0.05, 0.1) is 12.1 Å². The number of hydrogen-bond acceptors (Lipinski definition) is 2. The van der Waals surface area contributed by atoms with Crippen molar-refractivity contribution in [2.24, 2.45) is 7.05 Å². The molecule has 1 aromatic carbocycles. The van der Waals surface area contributed by atoms with Gasteiger partial charge in [-0.3, -0.25) is 0 Å². The van der Waals surface area contributed by atoms with Crippen LogP contribution in [0.2, 0.25) is 0 Å². The van der Waals surface area contributed by atoms with Crippen molar-refractivity contribution < 1.29 is 4.74 Å². The Morgan fingerprint density at radius 1 is 1.29 bits per heavy atom. The van der Waals surface area contributed by atoms with Crippen molar-refractivity contribution in [2.45, 2.75) is 5.03 Å². The number of benzene rings is 1. The summed E-state index contributed by atoms with van der Waals surface area (Å²) in [5.41, 5.74) is 1.25. The van der Waals surface area contributed by atoms with Gasteiger partial charge in [0.15, 0.2) is 0 Å². The molecule has 0 bridgehead atoms. The van der Waals surface area contributed by atoms with Crippen molar-refractivity contribution in [3.63, 3.8) is 0 Å². The van der Waals surface area contributed by atoms with E-state index in [9.17, 15) is 0 Å². The molecule has 0 unspecified atom stereocenters. The van der Waals surface area contributed by atoms with Crippen molar-refractivity contribution >= 4 is 22.7 Å². The average Bonchev–Trinajstić information content (AvgIpc) is 2.55.